The number of hydrogen-bond donors (Lipinski definition) is 1. The molecule has 3 aromatic carbocycles. The number of carbonyl (C=O) groups is 1. The maximum absolute atomic E-state index is 12.5. The van der Waals surface area contributed by atoms with Crippen molar-refractivity contribution in [2.24, 2.45) is 0 Å². The van der Waals surface area contributed by atoms with Crippen LogP contribution in [0.25, 0.3) is 0 Å². The standard InChI is InChI=1S/C24H24O5/c1-2-27-24(26)22-14-21(28-16-18-9-5-3-6-10-18)13-20(15-25)23(22)29-17-19-11-7-4-8-12-19/h3-14,25H,2,15-17H2,1H3. The van der Waals surface area contributed by atoms with E-state index in [1.54, 1.807) is 19.1 Å². The van der Waals surface area contributed by atoms with Crippen LogP contribution in [0.2, 0.25) is 0 Å². The van der Waals surface area contributed by atoms with Crippen molar-refractivity contribution < 1.29 is 24.1 Å². The molecule has 0 bridgehead atoms. The van der Waals surface area contributed by atoms with Crippen molar-refractivity contribution in [3.63, 3.8) is 0 Å². The third kappa shape index (κ3) is 5.59. The molecular weight excluding hydrogens is 368 g/mol. The fourth-order valence-corrected chi connectivity index (χ4v) is 2.86. The van der Waals surface area contributed by atoms with E-state index in [0.29, 0.717) is 23.7 Å². The zero-order valence-corrected chi connectivity index (χ0v) is 16.3. The van der Waals surface area contributed by atoms with Crippen molar-refractivity contribution in [1.82, 2.24) is 0 Å². The number of aliphatic hydroxyl groups is 1. The summed E-state index contributed by atoms with van der Waals surface area (Å²) in [6.45, 7) is 2.30. The van der Waals surface area contributed by atoms with Crippen molar-refractivity contribution >= 4 is 5.97 Å². The van der Waals surface area contributed by atoms with E-state index in [4.69, 9.17) is 14.2 Å². The van der Waals surface area contributed by atoms with Crippen LogP contribution in [0.3, 0.4) is 0 Å². The predicted molar refractivity (Wildman–Crippen MR) is 110 cm³/mol. The second kappa shape index (κ2) is 10.3. The van der Waals surface area contributed by atoms with E-state index in [1.165, 1.54) is 0 Å². The van der Waals surface area contributed by atoms with Gasteiger partial charge in [0.1, 0.15) is 30.3 Å². The van der Waals surface area contributed by atoms with Crippen molar-refractivity contribution in [2.75, 3.05) is 6.61 Å². The minimum Gasteiger partial charge on any atom is -0.489 e. The highest BCUT2D eigenvalue weighted by Crippen LogP contribution is 2.32. The van der Waals surface area contributed by atoms with Crippen LogP contribution in [-0.2, 0) is 24.6 Å². The summed E-state index contributed by atoms with van der Waals surface area (Å²) in [6.07, 6.45) is 0. The summed E-state index contributed by atoms with van der Waals surface area (Å²) in [4.78, 5) is 12.5. The van der Waals surface area contributed by atoms with Gasteiger partial charge in [-0.05, 0) is 30.2 Å². The lowest BCUT2D eigenvalue weighted by molar-refractivity contribution is 0.0520. The number of esters is 1. The number of aliphatic hydroxyl groups excluding tert-OH is 1. The second-order valence-electron chi connectivity index (χ2n) is 6.39. The molecule has 0 heterocycles. The monoisotopic (exact) mass is 392 g/mol. The Morgan fingerprint density at radius 1 is 0.862 bits per heavy atom. The zero-order valence-electron chi connectivity index (χ0n) is 16.3. The topological polar surface area (TPSA) is 65.0 Å². The third-order valence-corrected chi connectivity index (χ3v) is 4.28. The molecule has 150 valence electrons. The SMILES string of the molecule is CCOC(=O)c1cc(OCc2ccccc2)cc(CO)c1OCc1ccccc1. The van der Waals surface area contributed by atoms with Gasteiger partial charge in [-0.2, -0.15) is 0 Å². The molecule has 3 aromatic rings. The van der Waals surface area contributed by atoms with Gasteiger partial charge < -0.3 is 19.3 Å². The quantitative estimate of drug-likeness (QED) is 0.543. The molecule has 0 aliphatic carbocycles. The Bertz CT molecular complexity index is 923. The van der Waals surface area contributed by atoms with Crippen LogP contribution >= 0.6 is 0 Å². The number of ether oxygens (including phenoxy) is 3. The fraction of sp³-hybridized carbons (Fsp3) is 0.208. The molecule has 0 radical (unpaired) electrons. The van der Waals surface area contributed by atoms with Crippen LogP contribution in [0.5, 0.6) is 11.5 Å². The first-order valence-corrected chi connectivity index (χ1v) is 9.49. The van der Waals surface area contributed by atoms with Gasteiger partial charge in [0.15, 0.2) is 0 Å². The molecule has 0 aliphatic rings. The van der Waals surface area contributed by atoms with Crippen LogP contribution in [-0.4, -0.2) is 17.7 Å². The average Bonchev–Trinajstić information content (AvgIpc) is 2.77. The predicted octanol–water partition coefficient (Wildman–Crippen LogP) is 4.51. The van der Waals surface area contributed by atoms with Gasteiger partial charge in [-0.15, -0.1) is 0 Å². The van der Waals surface area contributed by atoms with Gasteiger partial charge >= 0.3 is 5.97 Å². The highest BCUT2D eigenvalue weighted by Gasteiger charge is 2.20. The maximum Gasteiger partial charge on any atom is 0.342 e. The normalized spacial score (nSPS) is 10.4. The van der Waals surface area contributed by atoms with E-state index in [1.807, 2.05) is 60.7 Å². The largest absolute Gasteiger partial charge is 0.489 e. The Balaban J connectivity index is 1.87. The second-order valence-corrected chi connectivity index (χ2v) is 6.39. The molecule has 0 amide bonds. The molecule has 3 rings (SSSR count). The summed E-state index contributed by atoms with van der Waals surface area (Å²) in [5, 5.41) is 9.87. The number of rotatable bonds is 9. The van der Waals surface area contributed by atoms with Crippen molar-refractivity contribution in [2.45, 2.75) is 26.7 Å². The van der Waals surface area contributed by atoms with E-state index in [0.717, 1.165) is 11.1 Å². The fourth-order valence-electron chi connectivity index (χ4n) is 2.86. The van der Waals surface area contributed by atoms with Gasteiger partial charge in [-0.1, -0.05) is 60.7 Å². The lowest BCUT2D eigenvalue weighted by Crippen LogP contribution is -2.11. The average molecular weight is 392 g/mol. The molecule has 0 spiro atoms. The number of hydrogen-bond acceptors (Lipinski definition) is 5. The van der Waals surface area contributed by atoms with E-state index >= 15 is 0 Å². The lowest BCUT2D eigenvalue weighted by atomic mass is 10.1. The summed E-state index contributed by atoms with van der Waals surface area (Å²) in [6, 6.07) is 22.6. The lowest BCUT2D eigenvalue weighted by Gasteiger charge is -2.17. The Kier molecular flexibility index (Phi) is 7.25. The molecule has 29 heavy (non-hydrogen) atoms. The molecule has 1 N–H and O–H groups in total. The maximum atomic E-state index is 12.5. The van der Waals surface area contributed by atoms with Crippen LogP contribution < -0.4 is 9.47 Å². The molecule has 0 saturated carbocycles. The van der Waals surface area contributed by atoms with E-state index in [-0.39, 0.29) is 25.4 Å². The minimum atomic E-state index is -0.518. The minimum absolute atomic E-state index is 0.234. The molecule has 5 nitrogen and oxygen atoms in total. The van der Waals surface area contributed by atoms with Crippen molar-refractivity contribution in [1.29, 1.82) is 0 Å². The Labute approximate surface area is 170 Å². The summed E-state index contributed by atoms with van der Waals surface area (Å²) < 4.78 is 16.9. The first-order valence-electron chi connectivity index (χ1n) is 9.49. The van der Waals surface area contributed by atoms with Crippen molar-refractivity contribution in [3.05, 3.63) is 95.1 Å². The van der Waals surface area contributed by atoms with Crippen LogP contribution in [0.4, 0.5) is 0 Å². The van der Waals surface area contributed by atoms with E-state index in [9.17, 15) is 9.90 Å². The molecule has 0 unspecified atom stereocenters. The molecule has 5 heteroatoms. The van der Waals surface area contributed by atoms with Gasteiger partial charge in [0, 0.05) is 5.56 Å². The van der Waals surface area contributed by atoms with Gasteiger partial charge in [-0.3, -0.25) is 0 Å². The third-order valence-electron chi connectivity index (χ3n) is 4.28. The summed E-state index contributed by atoms with van der Waals surface area (Å²) in [5.74, 6) is 0.255. The van der Waals surface area contributed by atoms with Gasteiger partial charge in [-0.25, -0.2) is 4.79 Å². The molecule has 0 aromatic heterocycles. The van der Waals surface area contributed by atoms with Crippen LogP contribution in [0, 0.1) is 0 Å². The Morgan fingerprint density at radius 3 is 2.00 bits per heavy atom. The molecule has 0 aliphatic heterocycles. The summed E-state index contributed by atoms with van der Waals surface area (Å²) in [7, 11) is 0. The smallest absolute Gasteiger partial charge is 0.342 e. The Morgan fingerprint density at radius 2 is 1.45 bits per heavy atom. The first-order chi connectivity index (χ1) is 14.2. The summed E-state index contributed by atoms with van der Waals surface area (Å²) in [5.41, 5.74) is 2.66. The Hall–Kier alpha value is -3.31. The zero-order chi connectivity index (χ0) is 20.5. The molecule has 0 saturated heterocycles. The van der Waals surface area contributed by atoms with Gasteiger partial charge in [0.2, 0.25) is 0 Å². The van der Waals surface area contributed by atoms with Crippen LogP contribution in [0.1, 0.15) is 34.0 Å². The van der Waals surface area contributed by atoms with Crippen molar-refractivity contribution in [3.8, 4) is 11.5 Å². The number of benzene rings is 3. The van der Waals surface area contributed by atoms with Gasteiger partial charge in [0.05, 0.1) is 13.2 Å². The first kappa shape index (κ1) is 20.4. The molecular formula is C24H24O5. The number of carbonyl (C=O) groups excluding carboxylic acids is 1. The molecule has 0 atom stereocenters. The van der Waals surface area contributed by atoms with Gasteiger partial charge in [0.25, 0.3) is 0 Å². The van der Waals surface area contributed by atoms with E-state index < -0.39 is 5.97 Å². The van der Waals surface area contributed by atoms with Crippen LogP contribution in [0.15, 0.2) is 72.8 Å². The summed E-state index contributed by atoms with van der Waals surface area (Å²) >= 11 is 0. The molecule has 0 fully saturated rings. The van der Waals surface area contributed by atoms with E-state index in [2.05, 4.69) is 0 Å². The highest BCUT2D eigenvalue weighted by atomic mass is 16.5. The highest BCUT2D eigenvalue weighted by molar-refractivity contribution is 5.93.